The molecular weight excluding hydrogens is 382 g/mol. The second kappa shape index (κ2) is 8.04. The van der Waals surface area contributed by atoms with Gasteiger partial charge in [0.15, 0.2) is 0 Å². The van der Waals surface area contributed by atoms with E-state index in [9.17, 15) is 4.79 Å². The van der Waals surface area contributed by atoms with Crippen LogP contribution < -0.4 is 5.32 Å². The Morgan fingerprint density at radius 1 is 1.20 bits per heavy atom. The highest BCUT2D eigenvalue weighted by atomic mass is 79.9. The lowest BCUT2D eigenvalue weighted by Gasteiger charge is -2.15. The van der Waals surface area contributed by atoms with E-state index in [0.717, 1.165) is 15.7 Å². The molecule has 1 aromatic carbocycles. The minimum absolute atomic E-state index is 0.104. The number of hydrogen-bond donors (Lipinski definition) is 1. The molecule has 2 aromatic heterocycles. The summed E-state index contributed by atoms with van der Waals surface area (Å²) in [6.45, 7) is 0.905. The van der Waals surface area contributed by atoms with Gasteiger partial charge in [0.25, 0.3) is 0 Å². The minimum Gasteiger partial charge on any atom is -0.310 e. The molecule has 1 amide bonds. The zero-order valence-electron chi connectivity index (χ0n) is 13.8. The number of benzene rings is 1. The highest BCUT2D eigenvalue weighted by molar-refractivity contribution is 9.10. The van der Waals surface area contributed by atoms with E-state index in [0.29, 0.717) is 12.4 Å². The Labute approximate surface area is 154 Å². The molecule has 1 N–H and O–H groups in total. The third-order valence-electron chi connectivity index (χ3n) is 3.52. The molecule has 25 heavy (non-hydrogen) atoms. The highest BCUT2D eigenvalue weighted by Gasteiger charge is 2.09. The molecule has 7 heteroatoms. The van der Waals surface area contributed by atoms with E-state index in [2.05, 4.69) is 31.3 Å². The minimum atomic E-state index is -0.104. The summed E-state index contributed by atoms with van der Waals surface area (Å²) in [7, 11) is 1.90. The highest BCUT2D eigenvalue weighted by Crippen LogP contribution is 2.11. The zero-order chi connectivity index (χ0) is 17.6. The largest absolute Gasteiger partial charge is 0.310 e. The van der Waals surface area contributed by atoms with Gasteiger partial charge in [0.1, 0.15) is 5.82 Å². The molecule has 0 spiro atoms. The number of aromatic nitrogens is 3. The molecule has 0 atom stereocenters. The first-order valence-corrected chi connectivity index (χ1v) is 8.58. The van der Waals surface area contributed by atoms with E-state index in [1.54, 1.807) is 12.3 Å². The summed E-state index contributed by atoms with van der Waals surface area (Å²) in [5.41, 5.74) is 2.05. The molecule has 3 aromatic rings. The molecule has 0 bridgehead atoms. The van der Waals surface area contributed by atoms with Crippen molar-refractivity contribution in [2.75, 3.05) is 18.9 Å². The van der Waals surface area contributed by atoms with Crippen LogP contribution in [-0.2, 0) is 11.3 Å². The smallest absolute Gasteiger partial charge is 0.239 e. The second-order valence-electron chi connectivity index (χ2n) is 5.71. The van der Waals surface area contributed by atoms with E-state index in [-0.39, 0.29) is 12.5 Å². The Hall–Kier alpha value is -2.51. The summed E-state index contributed by atoms with van der Waals surface area (Å²) in [5, 5.41) is 7.15. The van der Waals surface area contributed by atoms with Crippen molar-refractivity contribution in [3.63, 3.8) is 0 Å². The van der Waals surface area contributed by atoms with Gasteiger partial charge in [-0.3, -0.25) is 9.69 Å². The molecule has 2 heterocycles. The van der Waals surface area contributed by atoms with Crippen molar-refractivity contribution in [3.05, 3.63) is 71.1 Å². The average Bonchev–Trinajstić information content (AvgIpc) is 3.06. The first kappa shape index (κ1) is 17.3. The van der Waals surface area contributed by atoms with Crippen molar-refractivity contribution in [3.8, 4) is 5.69 Å². The standard InChI is InChI=1S/C18H18BrN5O/c1-23(13-18(25)22-17-8-7-15(19)10-20-17)11-14-9-21-24(12-14)16-5-3-2-4-6-16/h2-10,12H,11,13H2,1H3,(H,20,22,25). The first-order chi connectivity index (χ1) is 12.1. The van der Waals surface area contributed by atoms with Gasteiger partial charge in [-0.1, -0.05) is 18.2 Å². The van der Waals surface area contributed by atoms with Crippen LogP contribution in [-0.4, -0.2) is 39.2 Å². The van der Waals surface area contributed by atoms with Gasteiger partial charge in [-0.15, -0.1) is 0 Å². The van der Waals surface area contributed by atoms with Crippen molar-refractivity contribution in [1.82, 2.24) is 19.7 Å². The number of pyridine rings is 1. The van der Waals surface area contributed by atoms with Gasteiger partial charge in [-0.2, -0.15) is 5.10 Å². The number of anilines is 1. The molecule has 0 radical (unpaired) electrons. The molecule has 0 aliphatic heterocycles. The Morgan fingerprint density at radius 3 is 2.72 bits per heavy atom. The van der Waals surface area contributed by atoms with Gasteiger partial charge < -0.3 is 5.32 Å². The Kier molecular flexibility index (Phi) is 5.57. The lowest BCUT2D eigenvalue weighted by Crippen LogP contribution is -2.30. The molecule has 128 valence electrons. The lowest BCUT2D eigenvalue weighted by molar-refractivity contribution is -0.117. The third kappa shape index (κ3) is 4.98. The van der Waals surface area contributed by atoms with Crippen LogP contribution in [0.25, 0.3) is 5.69 Å². The molecule has 6 nitrogen and oxygen atoms in total. The monoisotopic (exact) mass is 399 g/mol. The van der Waals surface area contributed by atoms with E-state index in [4.69, 9.17) is 0 Å². The number of carbonyl (C=O) groups is 1. The second-order valence-corrected chi connectivity index (χ2v) is 6.63. The summed E-state index contributed by atoms with van der Waals surface area (Å²) in [4.78, 5) is 18.2. The van der Waals surface area contributed by atoms with E-state index >= 15 is 0 Å². The number of rotatable bonds is 6. The van der Waals surface area contributed by atoms with Gasteiger partial charge in [0.2, 0.25) is 5.91 Å². The summed E-state index contributed by atoms with van der Waals surface area (Å²) in [6.07, 6.45) is 5.44. The SMILES string of the molecule is CN(CC(=O)Nc1ccc(Br)cn1)Cc1cnn(-c2ccccc2)c1. The summed E-state index contributed by atoms with van der Waals surface area (Å²) in [5.74, 6) is 0.436. The normalized spacial score (nSPS) is 10.8. The molecule has 0 aliphatic rings. The average molecular weight is 400 g/mol. The maximum atomic E-state index is 12.1. The van der Waals surface area contributed by atoms with Gasteiger partial charge in [0.05, 0.1) is 18.4 Å². The number of amides is 1. The number of para-hydroxylation sites is 1. The van der Waals surface area contributed by atoms with Crippen LogP contribution in [0.4, 0.5) is 5.82 Å². The first-order valence-electron chi connectivity index (χ1n) is 7.79. The van der Waals surface area contributed by atoms with Crippen LogP contribution in [0.2, 0.25) is 0 Å². The quantitative estimate of drug-likeness (QED) is 0.691. The predicted molar refractivity (Wildman–Crippen MR) is 100 cm³/mol. The number of halogens is 1. The Morgan fingerprint density at radius 2 is 2.00 bits per heavy atom. The summed E-state index contributed by atoms with van der Waals surface area (Å²) >= 11 is 3.32. The number of nitrogens with one attached hydrogen (secondary N) is 1. The maximum Gasteiger partial charge on any atom is 0.239 e. The van der Waals surface area contributed by atoms with Crippen molar-refractivity contribution >= 4 is 27.7 Å². The predicted octanol–water partition coefficient (Wildman–Crippen LogP) is 3.10. The molecule has 3 rings (SSSR count). The molecule has 0 saturated heterocycles. The fourth-order valence-corrected chi connectivity index (χ4v) is 2.64. The molecule has 0 unspecified atom stereocenters. The number of nitrogens with zero attached hydrogens (tertiary/aromatic N) is 4. The fourth-order valence-electron chi connectivity index (χ4n) is 2.41. The maximum absolute atomic E-state index is 12.1. The van der Waals surface area contributed by atoms with E-state index < -0.39 is 0 Å². The molecule has 0 aliphatic carbocycles. The number of carbonyl (C=O) groups excluding carboxylic acids is 1. The van der Waals surface area contributed by atoms with Crippen LogP contribution >= 0.6 is 15.9 Å². The number of likely N-dealkylation sites (N-methyl/N-ethyl adjacent to an activating group) is 1. The molecular formula is C18H18BrN5O. The van der Waals surface area contributed by atoms with Gasteiger partial charge in [-0.25, -0.2) is 9.67 Å². The van der Waals surface area contributed by atoms with Crippen molar-refractivity contribution < 1.29 is 4.79 Å². The molecule has 0 saturated carbocycles. The number of hydrogen-bond acceptors (Lipinski definition) is 4. The van der Waals surface area contributed by atoms with E-state index in [1.165, 1.54) is 0 Å². The van der Waals surface area contributed by atoms with Crippen molar-refractivity contribution in [1.29, 1.82) is 0 Å². The van der Waals surface area contributed by atoms with Crippen LogP contribution in [0.1, 0.15) is 5.56 Å². The van der Waals surface area contributed by atoms with Crippen LogP contribution in [0.5, 0.6) is 0 Å². The third-order valence-corrected chi connectivity index (χ3v) is 3.99. The van der Waals surface area contributed by atoms with E-state index in [1.807, 2.05) is 65.4 Å². The van der Waals surface area contributed by atoms with Gasteiger partial charge >= 0.3 is 0 Å². The topological polar surface area (TPSA) is 63.1 Å². The summed E-state index contributed by atoms with van der Waals surface area (Å²) < 4.78 is 2.70. The van der Waals surface area contributed by atoms with Crippen LogP contribution in [0.3, 0.4) is 0 Å². The fraction of sp³-hybridized carbons (Fsp3) is 0.167. The Bertz CT molecular complexity index is 832. The zero-order valence-corrected chi connectivity index (χ0v) is 15.3. The lowest BCUT2D eigenvalue weighted by atomic mass is 10.3. The summed E-state index contributed by atoms with van der Waals surface area (Å²) in [6, 6.07) is 13.5. The van der Waals surface area contributed by atoms with Gasteiger partial charge in [-0.05, 0) is 47.2 Å². The van der Waals surface area contributed by atoms with Crippen LogP contribution in [0, 0.1) is 0 Å². The van der Waals surface area contributed by atoms with Crippen molar-refractivity contribution in [2.24, 2.45) is 0 Å². The Balaban J connectivity index is 1.54. The van der Waals surface area contributed by atoms with Crippen LogP contribution in [0.15, 0.2) is 65.5 Å². The van der Waals surface area contributed by atoms with Crippen molar-refractivity contribution in [2.45, 2.75) is 6.54 Å². The van der Waals surface area contributed by atoms with Gasteiger partial charge in [0, 0.05) is 29.0 Å². The molecule has 0 fully saturated rings.